The molecule has 9 nitrogen and oxygen atoms in total. The van der Waals surface area contributed by atoms with Crippen LogP contribution in [-0.2, 0) is 16.1 Å². The van der Waals surface area contributed by atoms with Gasteiger partial charge in [-0.25, -0.2) is 4.98 Å². The van der Waals surface area contributed by atoms with Crippen LogP contribution in [0.3, 0.4) is 0 Å². The highest BCUT2D eigenvalue weighted by molar-refractivity contribution is 5.81. The molecule has 1 aromatic carbocycles. The topological polar surface area (TPSA) is 111 Å². The fourth-order valence-corrected chi connectivity index (χ4v) is 2.62. The summed E-state index contributed by atoms with van der Waals surface area (Å²) < 4.78 is 11.9. The van der Waals surface area contributed by atoms with Crippen molar-refractivity contribution in [3.63, 3.8) is 0 Å². The molecule has 0 aliphatic rings. The summed E-state index contributed by atoms with van der Waals surface area (Å²) in [6.07, 6.45) is 2.00. The van der Waals surface area contributed by atoms with Crippen LogP contribution in [0.1, 0.15) is 19.3 Å². The number of fused-ring (bicyclic) bond motifs is 1. The van der Waals surface area contributed by atoms with Gasteiger partial charge in [-0.05, 0) is 12.5 Å². The van der Waals surface area contributed by atoms with Crippen molar-refractivity contribution < 1.29 is 24.2 Å². The summed E-state index contributed by atoms with van der Waals surface area (Å²) in [7, 11) is 4.56. The Hall–Kier alpha value is -3.10. The predicted octanol–water partition coefficient (Wildman–Crippen LogP) is 1.13. The van der Waals surface area contributed by atoms with E-state index in [1.165, 1.54) is 30.0 Å². The van der Waals surface area contributed by atoms with Crippen molar-refractivity contribution in [2.24, 2.45) is 0 Å². The summed E-state index contributed by atoms with van der Waals surface area (Å²) in [5.74, 6) is -0.179. The number of carboxylic acids is 1. The number of hydrogen-bond acceptors (Lipinski definition) is 6. The molecular weight excluding hydrogens is 354 g/mol. The van der Waals surface area contributed by atoms with Gasteiger partial charge in [-0.3, -0.25) is 19.0 Å². The number of amides is 1. The lowest BCUT2D eigenvalue weighted by molar-refractivity contribution is -0.138. The highest BCUT2D eigenvalue weighted by Crippen LogP contribution is 2.29. The minimum absolute atomic E-state index is 0.0956. The molecule has 1 heterocycles. The van der Waals surface area contributed by atoms with Crippen LogP contribution in [0.5, 0.6) is 11.5 Å². The van der Waals surface area contributed by atoms with Gasteiger partial charge in [-0.1, -0.05) is 0 Å². The number of rotatable bonds is 9. The zero-order valence-electron chi connectivity index (χ0n) is 15.6. The Morgan fingerprint density at radius 3 is 2.48 bits per heavy atom. The molecule has 0 spiro atoms. The molecule has 2 rings (SSSR count). The first-order chi connectivity index (χ1) is 12.9. The molecule has 1 N–H and O–H groups in total. The zero-order chi connectivity index (χ0) is 20.0. The van der Waals surface area contributed by atoms with Gasteiger partial charge >= 0.3 is 5.97 Å². The Morgan fingerprint density at radius 1 is 1.19 bits per heavy atom. The molecule has 1 aromatic heterocycles. The number of nitrogens with zero attached hydrogens (tertiary/aromatic N) is 3. The van der Waals surface area contributed by atoms with E-state index in [9.17, 15) is 14.4 Å². The number of aliphatic carboxylic acids is 1. The second-order valence-electron chi connectivity index (χ2n) is 6.03. The van der Waals surface area contributed by atoms with E-state index in [-0.39, 0.29) is 30.9 Å². The molecule has 0 aliphatic carbocycles. The monoisotopic (exact) mass is 377 g/mol. The van der Waals surface area contributed by atoms with Crippen molar-refractivity contribution in [1.82, 2.24) is 14.5 Å². The first kappa shape index (κ1) is 20.2. The molecule has 9 heteroatoms. The molecule has 1 amide bonds. The smallest absolute Gasteiger partial charge is 0.305 e. The van der Waals surface area contributed by atoms with Crippen molar-refractivity contribution in [1.29, 1.82) is 0 Å². The third-order valence-electron chi connectivity index (χ3n) is 4.21. The van der Waals surface area contributed by atoms with Gasteiger partial charge < -0.3 is 19.5 Å². The minimum atomic E-state index is -0.949. The second-order valence-corrected chi connectivity index (χ2v) is 6.03. The average molecular weight is 377 g/mol. The molecule has 0 aliphatic heterocycles. The van der Waals surface area contributed by atoms with Gasteiger partial charge in [0.2, 0.25) is 5.91 Å². The van der Waals surface area contributed by atoms with Crippen LogP contribution in [0.25, 0.3) is 10.9 Å². The summed E-state index contributed by atoms with van der Waals surface area (Å²) >= 11 is 0. The number of carboxylic acid groups (broad SMARTS) is 1. The van der Waals surface area contributed by atoms with Crippen molar-refractivity contribution in [3.8, 4) is 11.5 Å². The van der Waals surface area contributed by atoms with E-state index in [1.54, 1.807) is 19.2 Å². The van der Waals surface area contributed by atoms with Gasteiger partial charge in [-0.15, -0.1) is 0 Å². The molecule has 2 aromatic rings. The standard InChI is InChI=1S/C18H23N3O6/c1-20(8-6-17(23)24)16(22)5-4-7-21-11-19-13-10-15(27-3)14(26-2)9-12(13)18(21)25/h9-11H,4-8H2,1-3H3,(H,23,24). The number of hydrogen-bond donors (Lipinski definition) is 1. The SMILES string of the molecule is COc1cc2ncn(CCCC(=O)N(C)CCC(=O)O)c(=O)c2cc1OC. The Bertz CT molecular complexity index is 893. The summed E-state index contributed by atoms with van der Waals surface area (Å²) in [4.78, 5) is 40.9. The summed E-state index contributed by atoms with van der Waals surface area (Å²) in [5.41, 5.74) is 0.269. The van der Waals surface area contributed by atoms with E-state index in [0.717, 1.165) is 0 Å². The molecule has 0 radical (unpaired) electrons. The predicted molar refractivity (Wildman–Crippen MR) is 98.2 cm³/mol. The molecule has 0 unspecified atom stereocenters. The quantitative estimate of drug-likeness (QED) is 0.697. The average Bonchev–Trinajstić information content (AvgIpc) is 2.66. The first-order valence-corrected chi connectivity index (χ1v) is 8.44. The summed E-state index contributed by atoms with van der Waals surface area (Å²) in [6, 6.07) is 3.23. The lowest BCUT2D eigenvalue weighted by Crippen LogP contribution is -2.29. The molecule has 27 heavy (non-hydrogen) atoms. The van der Waals surface area contributed by atoms with Crippen LogP contribution >= 0.6 is 0 Å². The summed E-state index contributed by atoms with van der Waals surface area (Å²) in [6.45, 7) is 0.488. The fourth-order valence-electron chi connectivity index (χ4n) is 2.62. The van der Waals surface area contributed by atoms with E-state index in [2.05, 4.69) is 4.98 Å². The highest BCUT2D eigenvalue weighted by atomic mass is 16.5. The largest absolute Gasteiger partial charge is 0.493 e. The van der Waals surface area contributed by atoms with Crippen molar-refractivity contribution >= 4 is 22.8 Å². The molecule has 0 fully saturated rings. The molecular formula is C18H23N3O6. The highest BCUT2D eigenvalue weighted by Gasteiger charge is 2.13. The zero-order valence-corrected chi connectivity index (χ0v) is 15.6. The van der Waals surface area contributed by atoms with Gasteiger partial charge in [0.05, 0.1) is 37.9 Å². The van der Waals surface area contributed by atoms with E-state index >= 15 is 0 Å². The minimum Gasteiger partial charge on any atom is -0.493 e. The second kappa shape index (κ2) is 9.02. The summed E-state index contributed by atoms with van der Waals surface area (Å²) in [5, 5.41) is 9.06. The van der Waals surface area contributed by atoms with Gasteiger partial charge in [-0.2, -0.15) is 0 Å². The normalized spacial score (nSPS) is 10.6. The maximum atomic E-state index is 12.6. The van der Waals surface area contributed by atoms with Crippen molar-refractivity contribution in [3.05, 3.63) is 28.8 Å². The van der Waals surface area contributed by atoms with E-state index in [1.807, 2.05) is 0 Å². The van der Waals surface area contributed by atoms with Crippen molar-refractivity contribution in [2.75, 3.05) is 27.8 Å². The molecule has 146 valence electrons. The molecule has 0 saturated heterocycles. The first-order valence-electron chi connectivity index (χ1n) is 8.44. The van der Waals surface area contributed by atoms with E-state index in [0.29, 0.717) is 35.4 Å². The molecule has 0 saturated carbocycles. The number of carbonyl (C=O) groups excluding carboxylic acids is 1. The third-order valence-corrected chi connectivity index (χ3v) is 4.21. The van der Waals surface area contributed by atoms with Crippen LogP contribution in [-0.4, -0.2) is 59.2 Å². The van der Waals surface area contributed by atoms with Gasteiger partial charge in [0.15, 0.2) is 11.5 Å². The van der Waals surface area contributed by atoms with Crippen LogP contribution in [0, 0.1) is 0 Å². The molecule has 0 bridgehead atoms. The number of carbonyl (C=O) groups is 2. The van der Waals surface area contributed by atoms with Gasteiger partial charge in [0.1, 0.15) is 0 Å². The number of ether oxygens (including phenoxy) is 2. The van der Waals surface area contributed by atoms with E-state index < -0.39 is 5.97 Å². The fraction of sp³-hybridized carbons (Fsp3) is 0.444. The maximum Gasteiger partial charge on any atom is 0.305 e. The lowest BCUT2D eigenvalue weighted by atomic mass is 10.2. The van der Waals surface area contributed by atoms with Crippen LogP contribution in [0.15, 0.2) is 23.3 Å². The molecule has 0 atom stereocenters. The Kier molecular flexibility index (Phi) is 6.75. The number of benzene rings is 1. The van der Waals surface area contributed by atoms with Crippen LogP contribution < -0.4 is 15.0 Å². The number of methoxy groups -OCH3 is 2. The van der Waals surface area contributed by atoms with Crippen LogP contribution in [0.2, 0.25) is 0 Å². The Morgan fingerprint density at radius 2 is 1.85 bits per heavy atom. The van der Waals surface area contributed by atoms with Crippen LogP contribution in [0.4, 0.5) is 0 Å². The Balaban J connectivity index is 2.07. The number of aryl methyl sites for hydroxylation is 1. The lowest BCUT2D eigenvalue weighted by Gasteiger charge is -2.16. The van der Waals surface area contributed by atoms with Gasteiger partial charge in [0.25, 0.3) is 5.56 Å². The van der Waals surface area contributed by atoms with E-state index in [4.69, 9.17) is 14.6 Å². The Labute approximate surface area is 156 Å². The maximum absolute atomic E-state index is 12.6. The van der Waals surface area contributed by atoms with Crippen molar-refractivity contribution in [2.45, 2.75) is 25.8 Å². The van der Waals surface area contributed by atoms with Gasteiger partial charge in [0, 0.05) is 32.6 Å². The third kappa shape index (κ3) is 4.96. The number of aromatic nitrogens is 2.